The molecule has 0 amide bonds. The summed E-state index contributed by atoms with van der Waals surface area (Å²) >= 11 is 4.81. The molecule has 1 nitrogen and oxygen atoms in total. The summed E-state index contributed by atoms with van der Waals surface area (Å²) in [5.41, 5.74) is 1.86. The molecule has 0 fully saturated rings. The third-order valence-corrected chi connectivity index (χ3v) is 3.76. The quantitative estimate of drug-likeness (QED) is 0.759. The van der Waals surface area contributed by atoms with Gasteiger partial charge in [0, 0.05) is 15.4 Å². The second-order valence-corrected chi connectivity index (χ2v) is 5.15. The maximum absolute atomic E-state index is 12.0. The van der Waals surface area contributed by atoms with Gasteiger partial charge in [-0.15, -0.1) is 11.3 Å². The van der Waals surface area contributed by atoms with Crippen LogP contribution in [0.15, 0.2) is 40.2 Å². The Hall–Kier alpha value is -0.930. The van der Waals surface area contributed by atoms with Gasteiger partial charge in [0.1, 0.15) is 0 Å². The molecule has 0 aliphatic carbocycles. The van der Waals surface area contributed by atoms with E-state index in [1.165, 1.54) is 11.3 Å². The van der Waals surface area contributed by atoms with Gasteiger partial charge in [-0.25, -0.2) is 0 Å². The monoisotopic (exact) mass is 280 g/mol. The Morgan fingerprint density at radius 3 is 2.73 bits per heavy atom. The van der Waals surface area contributed by atoms with Crippen LogP contribution in [0.2, 0.25) is 0 Å². The molecule has 0 saturated heterocycles. The van der Waals surface area contributed by atoms with Crippen LogP contribution in [-0.2, 0) is 0 Å². The smallest absolute Gasteiger partial charge is 0.202 e. The van der Waals surface area contributed by atoms with Crippen molar-refractivity contribution in [2.24, 2.45) is 0 Å². The molecular formula is C12H9BrOS. The SMILES string of the molecule is Cc1cccc(C(=O)c2cc(Br)cs2)c1. The number of carbonyl (C=O) groups excluding carboxylic acids is 1. The van der Waals surface area contributed by atoms with Gasteiger partial charge < -0.3 is 0 Å². The summed E-state index contributed by atoms with van der Waals surface area (Å²) in [6.07, 6.45) is 0. The first kappa shape index (κ1) is 10.6. The summed E-state index contributed by atoms with van der Waals surface area (Å²) in [4.78, 5) is 12.8. The molecule has 15 heavy (non-hydrogen) atoms. The molecule has 0 aliphatic heterocycles. The molecular weight excluding hydrogens is 272 g/mol. The van der Waals surface area contributed by atoms with E-state index >= 15 is 0 Å². The van der Waals surface area contributed by atoms with Crippen LogP contribution < -0.4 is 0 Å². The molecule has 1 aromatic heterocycles. The van der Waals surface area contributed by atoms with Gasteiger partial charge in [0.2, 0.25) is 5.78 Å². The van der Waals surface area contributed by atoms with Gasteiger partial charge in [0.25, 0.3) is 0 Å². The van der Waals surface area contributed by atoms with E-state index < -0.39 is 0 Å². The first-order valence-electron chi connectivity index (χ1n) is 4.52. The van der Waals surface area contributed by atoms with Gasteiger partial charge in [0.05, 0.1) is 4.88 Å². The fourth-order valence-electron chi connectivity index (χ4n) is 1.36. The van der Waals surface area contributed by atoms with Crippen LogP contribution in [0.25, 0.3) is 0 Å². The van der Waals surface area contributed by atoms with Gasteiger partial charge in [-0.2, -0.15) is 0 Å². The number of carbonyl (C=O) groups is 1. The Morgan fingerprint density at radius 1 is 1.33 bits per heavy atom. The van der Waals surface area contributed by atoms with E-state index in [-0.39, 0.29) is 5.78 Å². The number of hydrogen-bond donors (Lipinski definition) is 0. The molecule has 0 atom stereocenters. The molecule has 3 heteroatoms. The zero-order chi connectivity index (χ0) is 10.8. The third kappa shape index (κ3) is 2.36. The number of aryl methyl sites for hydroxylation is 1. The largest absolute Gasteiger partial charge is 0.288 e. The van der Waals surface area contributed by atoms with Crippen molar-refractivity contribution in [3.8, 4) is 0 Å². The van der Waals surface area contributed by atoms with E-state index in [1.54, 1.807) is 0 Å². The average Bonchev–Trinajstić information content (AvgIpc) is 2.64. The number of halogens is 1. The molecule has 0 aliphatic rings. The molecule has 0 N–H and O–H groups in total. The lowest BCUT2D eigenvalue weighted by Crippen LogP contribution is -1.98. The summed E-state index contributed by atoms with van der Waals surface area (Å²) < 4.78 is 0.962. The standard InChI is InChI=1S/C12H9BrOS/c1-8-3-2-4-9(5-8)12(14)11-6-10(13)7-15-11/h2-7H,1H3. The first-order valence-corrected chi connectivity index (χ1v) is 6.19. The molecule has 1 aromatic carbocycles. The van der Waals surface area contributed by atoms with Gasteiger partial charge in [-0.3, -0.25) is 4.79 Å². The summed E-state index contributed by atoms with van der Waals surface area (Å²) in [5.74, 6) is 0.0920. The van der Waals surface area contributed by atoms with Crippen molar-refractivity contribution < 1.29 is 4.79 Å². The zero-order valence-electron chi connectivity index (χ0n) is 8.16. The summed E-state index contributed by atoms with van der Waals surface area (Å²) in [6.45, 7) is 1.99. The fraction of sp³-hybridized carbons (Fsp3) is 0.0833. The lowest BCUT2D eigenvalue weighted by Gasteiger charge is -1.98. The van der Waals surface area contributed by atoms with Crippen molar-refractivity contribution in [2.45, 2.75) is 6.92 Å². The Labute approximate surface area is 101 Å². The summed E-state index contributed by atoms with van der Waals surface area (Å²) in [5, 5.41) is 1.92. The highest BCUT2D eigenvalue weighted by Crippen LogP contribution is 2.22. The normalized spacial score (nSPS) is 10.3. The van der Waals surface area contributed by atoms with Gasteiger partial charge in [0.15, 0.2) is 0 Å². The minimum Gasteiger partial charge on any atom is -0.288 e. The predicted octanol–water partition coefficient (Wildman–Crippen LogP) is 4.05. The van der Waals surface area contributed by atoms with Crippen LogP contribution in [0.1, 0.15) is 20.8 Å². The molecule has 1 heterocycles. The van der Waals surface area contributed by atoms with Crippen molar-refractivity contribution >= 4 is 33.0 Å². The van der Waals surface area contributed by atoms with Crippen molar-refractivity contribution in [3.05, 3.63) is 56.2 Å². The summed E-state index contributed by atoms with van der Waals surface area (Å²) in [6, 6.07) is 9.51. The number of thiophene rings is 1. The topological polar surface area (TPSA) is 17.1 Å². The molecule has 2 rings (SSSR count). The van der Waals surface area contributed by atoms with E-state index in [0.29, 0.717) is 0 Å². The highest BCUT2D eigenvalue weighted by atomic mass is 79.9. The van der Waals surface area contributed by atoms with Crippen molar-refractivity contribution in [1.29, 1.82) is 0 Å². The van der Waals surface area contributed by atoms with Crippen LogP contribution >= 0.6 is 27.3 Å². The Morgan fingerprint density at radius 2 is 2.13 bits per heavy atom. The number of benzene rings is 1. The van der Waals surface area contributed by atoms with E-state index in [0.717, 1.165) is 20.5 Å². The van der Waals surface area contributed by atoms with E-state index in [4.69, 9.17) is 0 Å². The molecule has 0 unspecified atom stereocenters. The minimum absolute atomic E-state index is 0.0920. The van der Waals surface area contributed by atoms with Crippen LogP contribution in [0, 0.1) is 6.92 Å². The lowest BCUT2D eigenvalue weighted by molar-refractivity contribution is 0.104. The minimum atomic E-state index is 0.0920. The van der Waals surface area contributed by atoms with Crippen LogP contribution in [0.5, 0.6) is 0 Å². The van der Waals surface area contributed by atoms with E-state index in [2.05, 4.69) is 15.9 Å². The zero-order valence-corrected chi connectivity index (χ0v) is 10.6. The van der Waals surface area contributed by atoms with Gasteiger partial charge >= 0.3 is 0 Å². The first-order chi connectivity index (χ1) is 7.16. The lowest BCUT2D eigenvalue weighted by atomic mass is 10.1. The Balaban J connectivity index is 2.36. The molecule has 0 saturated carbocycles. The second kappa shape index (κ2) is 4.29. The molecule has 0 bridgehead atoms. The van der Waals surface area contributed by atoms with E-state index in [1.807, 2.05) is 42.6 Å². The van der Waals surface area contributed by atoms with Gasteiger partial charge in [-0.1, -0.05) is 23.8 Å². The molecule has 0 radical (unpaired) electrons. The maximum Gasteiger partial charge on any atom is 0.202 e. The molecule has 76 valence electrons. The van der Waals surface area contributed by atoms with Crippen molar-refractivity contribution in [2.75, 3.05) is 0 Å². The Bertz CT molecular complexity index is 502. The second-order valence-electron chi connectivity index (χ2n) is 3.33. The van der Waals surface area contributed by atoms with Gasteiger partial charge in [-0.05, 0) is 35.0 Å². The number of rotatable bonds is 2. The highest BCUT2D eigenvalue weighted by molar-refractivity contribution is 9.10. The summed E-state index contributed by atoms with van der Waals surface area (Å²) in [7, 11) is 0. The fourth-order valence-corrected chi connectivity index (χ4v) is 2.75. The number of ketones is 1. The van der Waals surface area contributed by atoms with Crippen LogP contribution in [0.3, 0.4) is 0 Å². The molecule has 2 aromatic rings. The average molecular weight is 281 g/mol. The third-order valence-electron chi connectivity index (χ3n) is 2.07. The number of hydrogen-bond acceptors (Lipinski definition) is 2. The Kier molecular flexibility index (Phi) is 3.03. The van der Waals surface area contributed by atoms with Crippen molar-refractivity contribution in [1.82, 2.24) is 0 Å². The molecule has 0 spiro atoms. The van der Waals surface area contributed by atoms with Crippen LogP contribution in [0.4, 0.5) is 0 Å². The van der Waals surface area contributed by atoms with Crippen molar-refractivity contribution in [3.63, 3.8) is 0 Å². The highest BCUT2D eigenvalue weighted by Gasteiger charge is 2.10. The maximum atomic E-state index is 12.0. The van der Waals surface area contributed by atoms with E-state index in [9.17, 15) is 4.79 Å². The predicted molar refractivity (Wildman–Crippen MR) is 66.6 cm³/mol. The van der Waals surface area contributed by atoms with Crippen LogP contribution in [-0.4, -0.2) is 5.78 Å².